The van der Waals surface area contributed by atoms with Crippen LogP contribution in [0.5, 0.6) is 5.75 Å². The number of aromatic nitrogens is 1. The molecule has 0 radical (unpaired) electrons. The van der Waals surface area contributed by atoms with Crippen LogP contribution in [-0.2, 0) is 67.2 Å². The van der Waals surface area contributed by atoms with E-state index in [4.69, 9.17) is 11.5 Å². The number of aliphatic hydroxyl groups excluding tert-OH is 1. The molecular formula is C62H86N14O12. The molecule has 0 spiro atoms. The number of para-hydroxylation sites is 1. The smallest absolute Gasteiger partial charge is 0.245 e. The van der Waals surface area contributed by atoms with E-state index >= 15 is 0 Å². The normalized spacial score (nSPS) is 17.0. The molecule has 26 heteroatoms. The number of amides is 10. The van der Waals surface area contributed by atoms with Gasteiger partial charge in [-0.25, -0.2) is 0 Å². The zero-order valence-corrected chi connectivity index (χ0v) is 50.6. The SMILES string of the molecule is CCNC(=O)[C@@H]1CCCN1C(=O)[C@H](CCCN=C(N)N)NC(=O)[C@H](CC(C)C)NC(=O)[C@@H](CC(C)C)NC(=O)[C@H](Cc1ccc(O)cc1)NC(=O)[C@H](CO)NC(=O)[C@H](Cc1c[nH]c2ccccc12)NC(=O)[C@H](Cc1ccccc1)NC(=O)[C@@H]1CCC(=O)N1. The first-order valence-electron chi connectivity index (χ1n) is 30.1. The van der Waals surface area contributed by atoms with Crippen LogP contribution in [-0.4, -0.2) is 166 Å². The lowest BCUT2D eigenvalue weighted by atomic mass is 9.98. The number of nitrogens with zero attached hydrogens (tertiary/aromatic N) is 2. The highest BCUT2D eigenvalue weighted by molar-refractivity contribution is 5.99. The van der Waals surface area contributed by atoms with Crippen LogP contribution in [0.3, 0.4) is 0 Å². The number of H-pyrrole nitrogens is 1. The number of hydrogen-bond donors (Lipinski definition) is 14. The number of nitrogens with one attached hydrogen (secondary N) is 10. The van der Waals surface area contributed by atoms with Crippen molar-refractivity contribution in [1.29, 1.82) is 0 Å². The van der Waals surface area contributed by atoms with Crippen molar-refractivity contribution in [3.63, 3.8) is 0 Å². The van der Waals surface area contributed by atoms with Gasteiger partial charge in [-0.05, 0) is 98.6 Å². The van der Waals surface area contributed by atoms with E-state index in [1.807, 2.05) is 45.9 Å². The third-order valence-electron chi connectivity index (χ3n) is 15.2. The van der Waals surface area contributed by atoms with Gasteiger partial charge in [0, 0.05) is 62.4 Å². The minimum atomic E-state index is -1.74. The Labute approximate surface area is 511 Å². The molecule has 3 aromatic carbocycles. The Morgan fingerprint density at radius 2 is 1.16 bits per heavy atom. The van der Waals surface area contributed by atoms with Gasteiger partial charge in [-0.2, -0.15) is 0 Å². The van der Waals surface area contributed by atoms with E-state index in [1.54, 1.807) is 49.5 Å². The summed E-state index contributed by atoms with van der Waals surface area (Å²) in [6.45, 7) is 8.85. The van der Waals surface area contributed by atoms with Gasteiger partial charge in [-0.1, -0.05) is 88.4 Å². The van der Waals surface area contributed by atoms with Gasteiger partial charge in [0.1, 0.15) is 60.1 Å². The Hall–Kier alpha value is -9.07. The molecule has 3 heterocycles. The molecule has 4 aromatic rings. The fraction of sp³-hybridized carbons (Fsp3) is 0.500. The van der Waals surface area contributed by atoms with E-state index in [-0.39, 0.29) is 106 Å². The molecule has 88 heavy (non-hydrogen) atoms. The second-order valence-electron chi connectivity index (χ2n) is 23.2. The van der Waals surface area contributed by atoms with Crippen LogP contribution in [0.4, 0.5) is 0 Å². The molecule has 2 saturated heterocycles. The molecule has 6 rings (SSSR count). The summed E-state index contributed by atoms with van der Waals surface area (Å²) in [5, 5.41) is 46.1. The number of guanidine groups is 1. The van der Waals surface area contributed by atoms with Crippen molar-refractivity contribution in [2.75, 3.05) is 26.2 Å². The molecule has 0 aliphatic carbocycles. The van der Waals surface area contributed by atoms with Crippen LogP contribution in [0.15, 0.2) is 90.1 Å². The summed E-state index contributed by atoms with van der Waals surface area (Å²) in [4.78, 5) is 149. The van der Waals surface area contributed by atoms with Crippen LogP contribution in [0.2, 0.25) is 0 Å². The summed E-state index contributed by atoms with van der Waals surface area (Å²) in [6.07, 6.45) is 3.14. The average molecular weight is 1220 g/mol. The quantitative estimate of drug-likeness (QED) is 0.0172. The second kappa shape index (κ2) is 33.2. The molecule has 2 aliphatic rings. The van der Waals surface area contributed by atoms with Gasteiger partial charge >= 0.3 is 0 Å². The van der Waals surface area contributed by atoms with Crippen molar-refractivity contribution in [3.8, 4) is 5.75 Å². The number of carbonyl (C=O) groups excluding carboxylic acids is 10. The van der Waals surface area contributed by atoms with E-state index in [0.717, 1.165) is 10.9 Å². The number of aliphatic imine (C=N–C) groups is 1. The third kappa shape index (κ3) is 20.3. The Balaban J connectivity index is 1.23. The van der Waals surface area contributed by atoms with Crippen LogP contribution < -0.4 is 59.3 Å². The van der Waals surface area contributed by atoms with Gasteiger partial charge in [-0.3, -0.25) is 52.9 Å². The molecular weight excluding hydrogens is 1130 g/mol. The molecule has 26 nitrogen and oxygen atoms in total. The monoisotopic (exact) mass is 1220 g/mol. The zero-order valence-electron chi connectivity index (χ0n) is 50.6. The van der Waals surface area contributed by atoms with Gasteiger partial charge in [0.05, 0.1) is 6.61 Å². The first-order valence-corrected chi connectivity index (χ1v) is 30.1. The molecule has 2 aliphatic heterocycles. The molecule has 16 N–H and O–H groups in total. The predicted molar refractivity (Wildman–Crippen MR) is 328 cm³/mol. The third-order valence-corrected chi connectivity index (χ3v) is 15.2. The topological polar surface area (TPSA) is 403 Å². The molecule has 9 atom stereocenters. The maximum absolute atomic E-state index is 14.7. The number of aliphatic hydroxyl groups is 1. The highest BCUT2D eigenvalue weighted by Gasteiger charge is 2.40. The number of aromatic amines is 1. The lowest BCUT2D eigenvalue weighted by Crippen LogP contribution is -2.61. The number of phenolic OH excluding ortho intramolecular Hbond substituents is 1. The van der Waals surface area contributed by atoms with Crippen LogP contribution >= 0.6 is 0 Å². The molecule has 2 fully saturated rings. The van der Waals surface area contributed by atoms with Gasteiger partial charge in [0.2, 0.25) is 59.1 Å². The zero-order chi connectivity index (χ0) is 64.0. The number of likely N-dealkylation sites (tertiary alicyclic amines) is 1. The van der Waals surface area contributed by atoms with Gasteiger partial charge < -0.3 is 79.4 Å². The van der Waals surface area contributed by atoms with Gasteiger partial charge in [0.15, 0.2) is 5.96 Å². The summed E-state index contributed by atoms with van der Waals surface area (Å²) in [5.41, 5.74) is 13.5. The molecule has 0 unspecified atom stereocenters. The standard InChI is InChI=1S/C62H86N14O12/c1-6-65-60(87)51-19-13-27-76(51)61(88)44(18-12-26-66-62(63)64)69-54(81)45(28-35(2)3)70-55(82)46(29-36(4)5)71-56(83)48(31-38-20-22-40(78)23-21-38)73-59(86)50(34-77)75-58(85)49(32-39-33-67-42-17-11-10-16-41(39)42)74-57(84)47(30-37-14-8-7-9-15-37)72-53(80)43-24-25-52(79)68-43/h7-11,14-17,20-23,33,35-36,43-51,67,77-78H,6,12-13,18-19,24-32,34H2,1-5H3,(H,65,87)(H,68,79)(H,69,81)(H,70,82)(H,71,83)(H,72,80)(H,73,86)(H,74,84)(H,75,85)(H4,63,64,66)/t43-,44-,45-,46+,47-,48-,49-,50-,51-/m0/s1. The summed E-state index contributed by atoms with van der Waals surface area (Å²) in [7, 11) is 0. The summed E-state index contributed by atoms with van der Waals surface area (Å²) in [6, 6.07) is 10.6. The van der Waals surface area contributed by atoms with E-state index in [0.29, 0.717) is 36.1 Å². The minimum Gasteiger partial charge on any atom is -0.508 e. The fourth-order valence-corrected chi connectivity index (χ4v) is 10.7. The van der Waals surface area contributed by atoms with E-state index < -0.39 is 108 Å². The van der Waals surface area contributed by atoms with Crippen molar-refractivity contribution in [2.45, 2.75) is 160 Å². The number of rotatable bonds is 32. The first kappa shape index (κ1) is 68.0. The number of fused-ring (bicyclic) bond motifs is 1. The fourth-order valence-electron chi connectivity index (χ4n) is 10.7. The molecule has 10 amide bonds. The Bertz CT molecular complexity index is 3100. The first-order chi connectivity index (χ1) is 42.0. The van der Waals surface area contributed by atoms with E-state index in [1.165, 1.54) is 29.2 Å². The Kier molecular flexibility index (Phi) is 25.6. The molecule has 1 aromatic heterocycles. The Morgan fingerprint density at radius 3 is 1.73 bits per heavy atom. The maximum atomic E-state index is 14.7. The lowest BCUT2D eigenvalue weighted by Gasteiger charge is -2.31. The van der Waals surface area contributed by atoms with E-state index in [2.05, 4.69) is 57.8 Å². The van der Waals surface area contributed by atoms with Crippen LogP contribution in [0.1, 0.15) is 103 Å². The molecule has 476 valence electrons. The highest BCUT2D eigenvalue weighted by Crippen LogP contribution is 2.22. The van der Waals surface area contributed by atoms with E-state index in [9.17, 15) is 58.2 Å². The number of likely N-dealkylation sites (N-methyl/N-ethyl adjacent to an activating group) is 1. The largest absolute Gasteiger partial charge is 0.508 e. The van der Waals surface area contributed by atoms with Gasteiger partial charge in [-0.15, -0.1) is 0 Å². The van der Waals surface area contributed by atoms with Crippen molar-refractivity contribution >= 4 is 75.9 Å². The van der Waals surface area contributed by atoms with Crippen molar-refractivity contribution in [3.05, 3.63) is 102 Å². The summed E-state index contributed by atoms with van der Waals surface area (Å²) >= 11 is 0. The van der Waals surface area contributed by atoms with Crippen molar-refractivity contribution in [1.82, 2.24) is 57.7 Å². The maximum Gasteiger partial charge on any atom is 0.245 e. The van der Waals surface area contributed by atoms with Crippen molar-refractivity contribution in [2.24, 2.45) is 28.3 Å². The second-order valence-corrected chi connectivity index (χ2v) is 23.2. The van der Waals surface area contributed by atoms with Crippen LogP contribution in [0, 0.1) is 11.8 Å². The highest BCUT2D eigenvalue weighted by atomic mass is 16.3. The number of benzene rings is 3. The number of aromatic hydroxyl groups is 1. The minimum absolute atomic E-state index is 0.00571. The number of hydrogen-bond acceptors (Lipinski definition) is 13. The van der Waals surface area contributed by atoms with Crippen LogP contribution in [0.25, 0.3) is 10.9 Å². The van der Waals surface area contributed by atoms with Crippen molar-refractivity contribution < 1.29 is 58.2 Å². The lowest BCUT2D eigenvalue weighted by molar-refractivity contribution is -0.142. The molecule has 0 saturated carbocycles. The number of phenols is 1. The van der Waals surface area contributed by atoms with Gasteiger partial charge in [0.25, 0.3) is 0 Å². The predicted octanol–water partition coefficient (Wildman–Crippen LogP) is -0.161. The number of carbonyl (C=O) groups is 10. The average Bonchev–Trinajstić information content (AvgIpc) is 4.38. The number of nitrogens with two attached hydrogens (primary N) is 2. The summed E-state index contributed by atoms with van der Waals surface area (Å²) in [5.74, 6) is -7.42. The Morgan fingerprint density at radius 1 is 0.636 bits per heavy atom. The molecule has 0 bridgehead atoms. The summed E-state index contributed by atoms with van der Waals surface area (Å²) < 4.78 is 0.